The van der Waals surface area contributed by atoms with E-state index in [1.54, 1.807) is 0 Å². The minimum atomic E-state index is 0.545. The van der Waals surface area contributed by atoms with Crippen molar-refractivity contribution in [3.05, 3.63) is 218 Å². The van der Waals surface area contributed by atoms with Crippen molar-refractivity contribution in [2.24, 2.45) is 0 Å². The molecule has 0 aliphatic rings. The average molecular weight is 841 g/mol. The van der Waals surface area contributed by atoms with Crippen molar-refractivity contribution < 1.29 is 4.42 Å². The summed E-state index contributed by atoms with van der Waals surface area (Å²) in [5.41, 5.74) is 10.0. The maximum Gasteiger partial charge on any atom is 0.238 e. The summed E-state index contributed by atoms with van der Waals surface area (Å²) in [6, 6.07) is 77.5. The Hall–Kier alpha value is -8.93. The van der Waals surface area contributed by atoms with Gasteiger partial charge in [-0.05, 0) is 78.7 Å². The van der Waals surface area contributed by atoms with Gasteiger partial charge in [-0.2, -0.15) is 9.97 Å². The van der Waals surface area contributed by atoms with E-state index < -0.39 is 0 Å². The molecular formula is C61H36N4O. The summed E-state index contributed by atoms with van der Waals surface area (Å²) in [6.07, 6.45) is 0. The summed E-state index contributed by atoms with van der Waals surface area (Å²) in [5, 5.41) is 13.8. The fourth-order valence-corrected chi connectivity index (χ4v) is 10.4. The van der Waals surface area contributed by atoms with Crippen LogP contribution in [0.15, 0.2) is 223 Å². The lowest BCUT2D eigenvalue weighted by Crippen LogP contribution is -2.07. The van der Waals surface area contributed by atoms with E-state index in [1.807, 2.05) is 6.07 Å². The molecule has 0 radical (unpaired) electrons. The molecule has 14 aromatic rings. The van der Waals surface area contributed by atoms with Crippen LogP contribution in [0.5, 0.6) is 0 Å². The van der Waals surface area contributed by atoms with E-state index >= 15 is 0 Å². The number of benzene rings is 11. The van der Waals surface area contributed by atoms with Gasteiger partial charge in [0.2, 0.25) is 5.95 Å². The molecule has 0 N–H and O–H groups in total. The zero-order chi connectivity index (χ0) is 43.3. The van der Waals surface area contributed by atoms with E-state index in [1.165, 1.54) is 26.9 Å². The number of hydrogen-bond acceptors (Lipinski definition) is 4. The van der Waals surface area contributed by atoms with Crippen LogP contribution in [0.2, 0.25) is 0 Å². The van der Waals surface area contributed by atoms with Crippen LogP contribution >= 0.6 is 0 Å². The van der Waals surface area contributed by atoms with Gasteiger partial charge in [0.05, 0.1) is 11.0 Å². The highest BCUT2D eigenvalue weighted by Crippen LogP contribution is 2.46. The first kappa shape index (κ1) is 36.5. The van der Waals surface area contributed by atoms with E-state index in [2.05, 4.69) is 217 Å². The fourth-order valence-electron chi connectivity index (χ4n) is 10.4. The second-order valence-corrected chi connectivity index (χ2v) is 17.1. The summed E-state index contributed by atoms with van der Waals surface area (Å²) >= 11 is 0. The minimum absolute atomic E-state index is 0.545. The van der Waals surface area contributed by atoms with Crippen LogP contribution in [-0.4, -0.2) is 19.5 Å². The highest BCUT2D eigenvalue weighted by molar-refractivity contribution is 6.33. The van der Waals surface area contributed by atoms with Gasteiger partial charge < -0.3 is 4.42 Å². The number of hydrogen-bond donors (Lipinski definition) is 0. The van der Waals surface area contributed by atoms with Crippen LogP contribution in [0, 0.1) is 0 Å². The molecule has 11 aromatic carbocycles. The van der Waals surface area contributed by atoms with Gasteiger partial charge in [-0.3, -0.25) is 4.57 Å². The molecular weight excluding hydrogens is 805 g/mol. The van der Waals surface area contributed by atoms with E-state index in [0.717, 1.165) is 93.3 Å². The molecule has 306 valence electrons. The second kappa shape index (κ2) is 14.3. The third-order valence-electron chi connectivity index (χ3n) is 13.4. The molecule has 3 heterocycles. The third-order valence-corrected chi connectivity index (χ3v) is 13.4. The number of rotatable bonds is 5. The van der Waals surface area contributed by atoms with Gasteiger partial charge in [0.1, 0.15) is 11.2 Å². The zero-order valence-corrected chi connectivity index (χ0v) is 35.5. The van der Waals surface area contributed by atoms with Crippen molar-refractivity contribution in [2.45, 2.75) is 0 Å². The van der Waals surface area contributed by atoms with Crippen molar-refractivity contribution in [3.63, 3.8) is 0 Å². The Bertz CT molecular complexity index is 4280. The molecule has 0 atom stereocenters. The van der Waals surface area contributed by atoms with E-state index in [0.29, 0.717) is 17.6 Å². The minimum Gasteiger partial charge on any atom is -0.456 e. The number of furan rings is 1. The van der Waals surface area contributed by atoms with Gasteiger partial charge >= 0.3 is 0 Å². The van der Waals surface area contributed by atoms with Gasteiger partial charge in [0.25, 0.3) is 0 Å². The summed E-state index contributed by atoms with van der Waals surface area (Å²) in [7, 11) is 0. The van der Waals surface area contributed by atoms with Crippen LogP contribution in [0.25, 0.3) is 138 Å². The monoisotopic (exact) mass is 840 g/mol. The van der Waals surface area contributed by atoms with Gasteiger partial charge in [0, 0.05) is 43.6 Å². The van der Waals surface area contributed by atoms with Gasteiger partial charge in [-0.1, -0.05) is 194 Å². The standard InChI is InChI=1S/C61H36N4O/c1-2-13-37(14-3-1)39-25-28-41(29-26-39)59-62-60(44-30-27-38-15-4-5-17-42(38)35-44)64-61(63-59)65-57-46(43-32-33-53-52(36-43)55-45-18-7-6-16-40(45)31-34-54(55)66-53)23-12-24-51(57)56-49-21-10-8-19-47(49)48-20-9-11-22-50(48)58(56)65/h1-36H. The Morgan fingerprint density at radius 1 is 0.303 bits per heavy atom. The Labute approximate surface area is 378 Å². The predicted octanol–water partition coefficient (Wildman–Crippen LogP) is 16.1. The van der Waals surface area contributed by atoms with Crippen LogP contribution in [0.4, 0.5) is 0 Å². The van der Waals surface area contributed by atoms with Crippen LogP contribution in [-0.2, 0) is 0 Å². The topological polar surface area (TPSA) is 56.7 Å². The number of nitrogens with zero attached hydrogens (tertiary/aromatic N) is 4. The molecule has 0 spiro atoms. The molecule has 5 nitrogen and oxygen atoms in total. The lowest BCUT2D eigenvalue weighted by atomic mass is 9.95. The van der Waals surface area contributed by atoms with Crippen molar-refractivity contribution in [2.75, 3.05) is 0 Å². The normalized spacial score (nSPS) is 11.9. The van der Waals surface area contributed by atoms with Gasteiger partial charge in [0.15, 0.2) is 11.6 Å². The summed E-state index contributed by atoms with van der Waals surface area (Å²) in [5.74, 6) is 1.74. The van der Waals surface area contributed by atoms with Crippen molar-refractivity contribution in [3.8, 4) is 51.0 Å². The first-order chi connectivity index (χ1) is 32.7. The highest BCUT2D eigenvalue weighted by atomic mass is 16.3. The molecule has 0 unspecified atom stereocenters. The first-order valence-corrected chi connectivity index (χ1v) is 22.3. The molecule has 0 bridgehead atoms. The summed E-state index contributed by atoms with van der Waals surface area (Å²) < 4.78 is 8.83. The van der Waals surface area contributed by atoms with E-state index in [9.17, 15) is 0 Å². The van der Waals surface area contributed by atoms with Crippen LogP contribution in [0.1, 0.15) is 0 Å². The van der Waals surface area contributed by atoms with Crippen LogP contribution < -0.4 is 0 Å². The van der Waals surface area contributed by atoms with E-state index in [-0.39, 0.29) is 0 Å². The highest BCUT2D eigenvalue weighted by Gasteiger charge is 2.25. The third kappa shape index (κ3) is 5.57. The van der Waals surface area contributed by atoms with Gasteiger partial charge in [-0.25, -0.2) is 4.98 Å². The fraction of sp³-hybridized carbons (Fsp3) is 0. The molecule has 0 aliphatic heterocycles. The predicted molar refractivity (Wildman–Crippen MR) is 273 cm³/mol. The molecule has 14 rings (SSSR count). The van der Waals surface area contributed by atoms with Crippen molar-refractivity contribution in [1.82, 2.24) is 19.5 Å². The Morgan fingerprint density at radius 2 is 0.879 bits per heavy atom. The maximum atomic E-state index is 6.51. The maximum absolute atomic E-state index is 6.51. The van der Waals surface area contributed by atoms with Crippen molar-refractivity contribution >= 4 is 86.8 Å². The lowest BCUT2D eigenvalue weighted by Gasteiger charge is -2.15. The van der Waals surface area contributed by atoms with E-state index in [4.69, 9.17) is 19.4 Å². The second-order valence-electron chi connectivity index (χ2n) is 17.1. The van der Waals surface area contributed by atoms with Gasteiger partial charge in [-0.15, -0.1) is 0 Å². The average Bonchev–Trinajstić information content (AvgIpc) is 3.96. The molecule has 0 fully saturated rings. The number of para-hydroxylation sites is 1. The summed E-state index contributed by atoms with van der Waals surface area (Å²) in [6.45, 7) is 0. The molecule has 0 amide bonds. The smallest absolute Gasteiger partial charge is 0.238 e. The Morgan fingerprint density at radius 3 is 1.70 bits per heavy atom. The molecule has 0 saturated carbocycles. The number of fused-ring (bicyclic) bond motifs is 14. The lowest BCUT2D eigenvalue weighted by molar-refractivity contribution is 0.669. The number of aromatic nitrogens is 4. The van der Waals surface area contributed by atoms with Crippen LogP contribution in [0.3, 0.4) is 0 Å². The Kier molecular flexibility index (Phi) is 7.91. The quantitative estimate of drug-likeness (QED) is 0.162. The molecule has 3 aromatic heterocycles. The summed E-state index contributed by atoms with van der Waals surface area (Å²) in [4.78, 5) is 16.3. The Balaban J connectivity index is 1.10. The largest absolute Gasteiger partial charge is 0.456 e. The molecule has 66 heavy (non-hydrogen) atoms. The van der Waals surface area contributed by atoms with Crippen molar-refractivity contribution in [1.29, 1.82) is 0 Å². The molecule has 0 aliphatic carbocycles. The zero-order valence-electron chi connectivity index (χ0n) is 35.5. The SMILES string of the molecule is c1ccc(-c2ccc(-c3nc(-c4ccc5ccccc5c4)nc(-n4c5c(-c6ccc7oc8ccc9ccccc9c8c7c6)cccc5c5c6ccccc6c6ccccc6c54)n3)cc2)cc1. The molecule has 5 heteroatoms. The molecule has 0 saturated heterocycles. The first-order valence-electron chi connectivity index (χ1n) is 22.3.